The zero-order chi connectivity index (χ0) is 13.1. The van der Waals surface area contributed by atoms with Gasteiger partial charge >= 0.3 is 0 Å². The first-order valence-corrected chi connectivity index (χ1v) is 5.89. The van der Waals surface area contributed by atoms with Crippen molar-refractivity contribution in [2.75, 3.05) is 11.2 Å². The standard InChI is InChI=1S/C12H10N4OS/c13-6-8-9(14)11(18-12(8)16-15)10(17)7-4-2-1-3-5-7/h1-5,16H,14-15H2. The van der Waals surface area contributed by atoms with Crippen molar-refractivity contribution in [1.29, 1.82) is 5.26 Å². The molecule has 0 bridgehead atoms. The molecule has 0 radical (unpaired) electrons. The lowest BCUT2D eigenvalue weighted by Gasteiger charge is -1.98. The predicted molar refractivity (Wildman–Crippen MR) is 71.1 cm³/mol. The van der Waals surface area contributed by atoms with Crippen LogP contribution in [-0.2, 0) is 0 Å². The fraction of sp³-hybridized carbons (Fsp3) is 0. The van der Waals surface area contributed by atoms with Crippen LogP contribution in [0.3, 0.4) is 0 Å². The third kappa shape index (κ3) is 1.93. The highest BCUT2D eigenvalue weighted by Gasteiger charge is 2.21. The van der Waals surface area contributed by atoms with Crippen LogP contribution in [0.15, 0.2) is 30.3 Å². The summed E-state index contributed by atoms with van der Waals surface area (Å²) in [5.41, 5.74) is 9.08. The molecule has 0 aliphatic heterocycles. The van der Waals surface area contributed by atoms with E-state index >= 15 is 0 Å². The molecule has 1 aromatic carbocycles. The van der Waals surface area contributed by atoms with Gasteiger partial charge in [0, 0.05) is 5.56 Å². The molecule has 0 spiro atoms. The van der Waals surface area contributed by atoms with E-state index in [-0.39, 0.29) is 17.0 Å². The lowest BCUT2D eigenvalue weighted by molar-refractivity contribution is 0.104. The van der Waals surface area contributed by atoms with Crippen molar-refractivity contribution < 1.29 is 4.79 Å². The molecule has 0 aliphatic carbocycles. The number of rotatable bonds is 3. The summed E-state index contributed by atoms with van der Waals surface area (Å²) in [5.74, 6) is 5.08. The van der Waals surface area contributed by atoms with Gasteiger partial charge in [-0.3, -0.25) is 4.79 Å². The molecular weight excluding hydrogens is 248 g/mol. The van der Waals surface area contributed by atoms with Gasteiger partial charge in [0.15, 0.2) is 0 Å². The summed E-state index contributed by atoms with van der Waals surface area (Å²) in [6, 6.07) is 10.7. The minimum atomic E-state index is -0.212. The first-order valence-electron chi connectivity index (χ1n) is 5.07. The van der Waals surface area contributed by atoms with Crippen LogP contribution in [0, 0.1) is 11.3 Å². The fourth-order valence-corrected chi connectivity index (χ4v) is 2.49. The number of nitriles is 1. The maximum atomic E-state index is 12.2. The lowest BCUT2D eigenvalue weighted by atomic mass is 10.1. The molecule has 0 unspecified atom stereocenters. The quantitative estimate of drug-likeness (QED) is 0.441. The highest BCUT2D eigenvalue weighted by atomic mass is 32.1. The monoisotopic (exact) mass is 258 g/mol. The van der Waals surface area contributed by atoms with Crippen molar-refractivity contribution in [3.8, 4) is 6.07 Å². The van der Waals surface area contributed by atoms with E-state index in [0.717, 1.165) is 11.3 Å². The van der Waals surface area contributed by atoms with Gasteiger partial charge < -0.3 is 11.2 Å². The Labute approximate surface area is 108 Å². The second kappa shape index (κ2) is 4.87. The van der Waals surface area contributed by atoms with Crippen LogP contribution < -0.4 is 17.0 Å². The largest absolute Gasteiger partial charge is 0.396 e. The predicted octanol–water partition coefficient (Wildman–Crippen LogP) is 1.72. The van der Waals surface area contributed by atoms with Crippen molar-refractivity contribution in [3.63, 3.8) is 0 Å². The van der Waals surface area contributed by atoms with E-state index in [0.29, 0.717) is 15.4 Å². The van der Waals surface area contributed by atoms with E-state index in [4.69, 9.17) is 16.8 Å². The fourth-order valence-electron chi connectivity index (χ4n) is 1.55. The van der Waals surface area contributed by atoms with Crippen LogP contribution in [0.5, 0.6) is 0 Å². The first kappa shape index (κ1) is 12.1. The second-order valence-corrected chi connectivity index (χ2v) is 4.52. The van der Waals surface area contributed by atoms with Crippen molar-refractivity contribution in [2.24, 2.45) is 5.84 Å². The SMILES string of the molecule is N#Cc1c(NN)sc(C(=O)c2ccccc2)c1N. The average Bonchev–Trinajstić information content (AvgIpc) is 2.75. The van der Waals surface area contributed by atoms with E-state index < -0.39 is 0 Å². The summed E-state index contributed by atoms with van der Waals surface area (Å²) in [6.45, 7) is 0. The highest BCUT2D eigenvalue weighted by molar-refractivity contribution is 7.19. The first-order chi connectivity index (χ1) is 8.69. The van der Waals surface area contributed by atoms with E-state index in [1.807, 2.05) is 12.1 Å². The second-order valence-electron chi connectivity index (χ2n) is 3.50. The third-order valence-electron chi connectivity index (χ3n) is 2.43. The van der Waals surface area contributed by atoms with Crippen LogP contribution >= 0.6 is 11.3 Å². The van der Waals surface area contributed by atoms with Crippen LogP contribution in [0.4, 0.5) is 10.7 Å². The molecule has 0 saturated heterocycles. The van der Waals surface area contributed by atoms with E-state index in [1.165, 1.54) is 0 Å². The summed E-state index contributed by atoms with van der Waals surface area (Å²) in [6.07, 6.45) is 0. The van der Waals surface area contributed by atoms with Gasteiger partial charge in [-0.05, 0) is 0 Å². The molecule has 5 N–H and O–H groups in total. The third-order valence-corrected chi connectivity index (χ3v) is 3.57. The lowest BCUT2D eigenvalue weighted by Crippen LogP contribution is -2.06. The molecule has 6 heteroatoms. The Morgan fingerprint density at radius 3 is 2.50 bits per heavy atom. The van der Waals surface area contributed by atoms with Gasteiger partial charge in [-0.25, -0.2) is 5.84 Å². The number of carbonyl (C=O) groups is 1. The molecule has 0 saturated carbocycles. The number of nitrogen functional groups attached to an aromatic ring is 2. The van der Waals surface area contributed by atoms with Crippen molar-refractivity contribution in [3.05, 3.63) is 46.3 Å². The maximum Gasteiger partial charge on any atom is 0.205 e. The Bertz CT molecular complexity index is 628. The molecule has 90 valence electrons. The zero-order valence-electron chi connectivity index (χ0n) is 9.31. The molecule has 5 nitrogen and oxygen atoms in total. The molecule has 0 atom stereocenters. The zero-order valence-corrected chi connectivity index (χ0v) is 10.1. The number of anilines is 2. The van der Waals surface area contributed by atoms with Crippen molar-refractivity contribution in [2.45, 2.75) is 0 Å². The molecule has 2 rings (SSSR count). The number of nitrogens with zero attached hydrogens (tertiary/aromatic N) is 1. The summed E-state index contributed by atoms with van der Waals surface area (Å²) in [7, 11) is 0. The summed E-state index contributed by atoms with van der Waals surface area (Å²) < 4.78 is 0. The number of hydrazine groups is 1. The minimum absolute atomic E-state index is 0.171. The molecule has 2 aromatic rings. The number of carbonyl (C=O) groups excluding carboxylic acids is 1. The summed E-state index contributed by atoms with van der Waals surface area (Å²) in [4.78, 5) is 12.5. The average molecular weight is 258 g/mol. The van der Waals surface area contributed by atoms with Gasteiger partial charge in [0.05, 0.1) is 5.69 Å². The normalized spacial score (nSPS) is 9.78. The molecule has 0 aliphatic rings. The Balaban J connectivity index is 2.50. The number of thiophene rings is 1. The number of nitrogens with two attached hydrogens (primary N) is 2. The van der Waals surface area contributed by atoms with Crippen LogP contribution in [0.25, 0.3) is 0 Å². The topological polar surface area (TPSA) is 105 Å². The Hall–Kier alpha value is -2.36. The van der Waals surface area contributed by atoms with Gasteiger partial charge in [-0.15, -0.1) is 11.3 Å². The number of ketones is 1. The van der Waals surface area contributed by atoms with E-state index in [2.05, 4.69) is 5.43 Å². The number of benzene rings is 1. The van der Waals surface area contributed by atoms with Crippen LogP contribution in [0.1, 0.15) is 20.8 Å². The molecule has 1 heterocycles. The van der Waals surface area contributed by atoms with Gasteiger partial charge in [0.1, 0.15) is 21.5 Å². The Morgan fingerprint density at radius 1 is 1.33 bits per heavy atom. The van der Waals surface area contributed by atoms with Gasteiger partial charge in [0.2, 0.25) is 5.78 Å². The molecule has 0 fully saturated rings. The van der Waals surface area contributed by atoms with Gasteiger partial charge in [0.25, 0.3) is 0 Å². The number of nitrogens with one attached hydrogen (secondary N) is 1. The number of hydrogen-bond donors (Lipinski definition) is 3. The Kier molecular flexibility index (Phi) is 3.28. The van der Waals surface area contributed by atoms with E-state index in [1.54, 1.807) is 24.3 Å². The molecule has 18 heavy (non-hydrogen) atoms. The molecular formula is C12H10N4OS. The van der Waals surface area contributed by atoms with Crippen LogP contribution in [0.2, 0.25) is 0 Å². The summed E-state index contributed by atoms with van der Waals surface area (Å²) in [5, 5.41) is 9.36. The smallest absolute Gasteiger partial charge is 0.205 e. The Morgan fingerprint density at radius 2 is 2.00 bits per heavy atom. The van der Waals surface area contributed by atoms with Gasteiger partial charge in [-0.2, -0.15) is 5.26 Å². The minimum Gasteiger partial charge on any atom is -0.396 e. The van der Waals surface area contributed by atoms with Crippen LogP contribution in [-0.4, -0.2) is 5.78 Å². The maximum absolute atomic E-state index is 12.2. The van der Waals surface area contributed by atoms with Gasteiger partial charge in [-0.1, -0.05) is 30.3 Å². The molecule has 1 aromatic heterocycles. The number of hydrogen-bond acceptors (Lipinski definition) is 6. The van der Waals surface area contributed by atoms with E-state index in [9.17, 15) is 4.79 Å². The highest BCUT2D eigenvalue weighted by Crippen LogP contribution is 2.35. The van der Waals surface area contributed by atoms with Crippen molar-refractivity contribution in [1.82, 2.24) is 0 Å². The molecule has 0 amide bonds. The van der Waals surface area contributed by atoms with Crippen molar-refractivity contribution >= 4 is 27.8 Å². The summed E-state index contributed by atoms with van der Waals surface area (Å²) >= 11 is 1.08.